The standard InChI is InChI=1S/C22H35FN2O4S2/c1-5-19(21(26)12-16-11-14(2)10-15(16)3)24-22(27)20(25-31(4,28)29)13-30-18-8-6-17(23)7-9-18/h6-9,14-16,19-21,25-26H,5,10-13H2,1-4H3,(H,24,27)/t14?,15?,16?,19-,20+,21+/m0/s1. The molecule has 1 aliphatic rings. The zero-order valence-electron chi connectivity index (χ0n) is 18.7. The van der Waals surface area contributed by atoms with Crippen LogP contribution in [0.3, 0.4) is 0 Å². The van der Waals surface area contributed by atoms with Crippen LogP contribution < -0.4 is 10.0 Å². The quantitative estimate of drug-likeness (QED) is 0.428. The summed E-state index contributed by atoms with van der Waals surface area (Å²) in [6, 6.07) is 4.34. The number of carbonyl (C=O) groups is 1. The van der Waals surface area contributed by atoms with Crippen molar-refractivity contribution in [2.75, 3.05) is 12.0 Å². The van der Waals surface area contributed by atoms with Crippen molar-refractivity contribution in [1.29, 1.82) is 0 Å². The number of carbonyl (C=O) groups excluding carboxylic acids is 1. The van der Waals surface area contributed by atoms with Gasteiger partial charge in [-0.1, -0.05) is 20.8 Å². The summed E-state index contributed by atoms with van der Waals surface area (Å²) in [5.74, 6) is 0.930. The van der Waals surface area contributed by atoms with Gasteiger partial charge in [-0.15, -0.1) is 11.8 Å². The summed E-state index contributed by atoms with van der Waals surface area (Å²) >= 11 is 1.26. The molecule has 0 spiro atoms. The van der Waals surface area contributed by atoms with Crippen LogP contribution in [0.4, 0.5) is 4.39 Å². The fourth-order valence-electron chi connectivity index (χ4n) is 4.36. The molecular formula is C22H35FN2O4S2. The van der Waals surface area contributed by atoms with Crippen molar-refractivity contribution in [3.63, 3.8) is 0 Å². The molecule has 1 aromatic carbocycles. The Labute approximate surface area is 189 Å². The van der Waals surface area contributed by atoms with Crippen LogP contribution >= 0.6 is 11.8 Å². The van der Waals surface area contributed by atoms with E-state index in [2.05, 4.69) is 23.9 Å². The summed E-state index contributed by atoms with van der Waals surface area (Å²) < 4.78 is 39.1. The van der Waals surface area contributed by atoms with E-state index in [-0.39, 0.29) is 11.6 Å². The van der Waals surface area contributed by atoms with E-state index in [0.29, 0.717) is 30.6 Å². The molecule has 0 aromatic heterocycles. The third kappa shape index (κ3) is 8.71. The van der Waals surface area contributed by atoms with Crippen LogP contribution in [-0.2, 0) is 14.8 Å². The maximum Gasteiger partial charge on any atom is 0.239 e. The van der Waals surface area contributed by atoms with Gasteiger partial charge in [-0.3, -0.25) is 4.79 Å². The first kappa shape index (κ1) is 26.1. The zero-order valence-corrected chi connectivity index (χ0v) is 20.3. The Morgan fingerprint density at radius 1 is 1.26 bits per heavy atom. The molecule has 0 bridgehead atoms. The average Bonchev–Trinajstić information content (AvgIpc) is 3.00. The fourth-order valence-corrected chi connectivity index (χ4v) is 6.10. The number of nitrogens with one attached hydrogen (secondary N) is 2. The van der Waals surface area contributed by atoms with E-state index in [1.54, 1.807) is 12.1 Å². The minimum absolute atomic E-state index is 0.147. The lowest BCUT2D eigenvalue weighted by atomic mass is 9.89. The molecule has 0 radical (unpaired) electrons. The van der Waals surface area contributed by atoms with Crippen LogP contribution in [0.15, 0.2) is 29.2 Å². The molecular weight excluding hydrogens is 439 g/mol. The Morgan fingerprint density at radius 2 is 1.90 bits per heavy atom. The Hall–Kier alpha value is -1.16. The zero-order chi connectivity index (χ0) is 23.2. The number of sulfonamides is 1. The van der Waals surface area contributed by atoms with Gasteiger partial charge < -0.3 is 10.4 Å². The summed E-state index contributed by atoms with van der Waals surface area (Å²) in [4.78, 5) is 13.6. The van der Waals surface area contributed by atoms with E-state index >= 15 is 0 Å². The van der Waals surface area contributed by atoms with E-state index in [4.69, 9.17) is 0 Å². The summed E-state index contributed by atoms with van der Waals surface area (Å²) in [6.07, 6.45) is 3.72. The summed E-state index contributed by atoms with van der Waals surface area (Å²) in [5, 5.41) is 13.6. The smallest absolute Gasteiger partial charge is 0.239 e. The summed E-state index contributed by atoms with van der Waals surface area (Å²) in [6.45, 7) is 6.32. The minimum atomic E-state index is -3.62. The molecule has 176 valence electrons. The van der Waals surface area contributed by atoms with Crippen molar-refractivity contribution in [2.45, 2.75) is 69.5 Å². The lowest BCUT2D eigenvalue weighted by Gasteiger charge is -2.28. The Kier molecular flexibility index (Phi) is 9.79. The van der Waals surface area contributed by atoms with Crippen molar-refractivity contribution in [2.24, 2.45) is 17.8 Å². The predicted octanol–water partition coefficient (Wildman–Crippen LogP) is 3.16. The summed E-state index contributed by atoms with van der Waals surface area (Å²) in [5.41, 5.74) is 0. The Balaban J connectivity index is 2.01. The highest BCUT2D eigenvalue weighted by Gasteiger charge is 2.33. The molecule has 9 heteroatoms. The maximum absolute atomic E-state index is 13.1. The number of thioether (sulfide) groups is 1. The van der Waals surface area contributed by atoms with Gasteiger partial charge in [-0.05, 0) is 67.7 Å². The van der Waals surface area contributed by atoms with Crippen LogP contribution in [-0.4, -0.2) is 49.6 Å². The van der Waals surface area contributed by atoms with Crippen molar-refractivity contribution in [1.82, 2.24) is 10.0 Å². The van der Waals surface area contributed by atoms with Gasteiger partial charge in [0.05, 0.1) is 18.4 Å². The molecule has 1 aromatic rings. The number of rotatable bonds is 11. The van der Waals surface area contributed by atoms with Crippen molar-refractivity contribution >= 4 is 27.7 Å². The highest BCUT2D eigenvalue weighted by Crippen LogP contribution is 2.38. The molecule has 6 nitrogen and oxygen atoms in total. The van der Waals surface area contributed by atoms with E-state index in [9.17, 15) is 22.7 Å². The van der Waals surface area contributed by atoms with Gasteiger partial charge in [0, 0.05) is 10.6 Å². The largest absolute Gasteiger partial charge is 0.391 e. The number of benzene rings is 1. The Morgan fingerprint density at radius 3 is 2.42 bits per heavy atom. The molecule has 0 heterocycles. The van der Waals surface area contributed by atoms with Gasteiger partial charge in [-0.25, -0.2) is 17.5 Å². The first-order valence-corrected chi connectivity index (χ1v) is 13.7. The molecule has 1 saturated carbocycles. The normalized spacial score (nSPS) is 24.5. The molecule has 2 rings (SSSR count). The second-order valence-corrected chi connectivity index (χ2v) is 11.7. The second-order valence-electron chi connectivity index (χ2n) is 8.85. The molecule has 0 aliphatic heterocycles. The minimum Gasteiger partial charge on any atom is -0.391 e. The molecule has 0 saturated heterocycles. The first-order valence-electron chi connectivity index (χ1n) is 10.8. The monoisotopic (exact) mass is 474 g/mol. The van der Waals surface area contributed by atoms with Gasteiger partial charge in [0.15, 0.2) is 0 Å². The summed E-state index contributed by atoms with van der Waals surface area (Å²) in [7, 11) is -3.62. The van der Waals surface area contributed by atoms with E-state index in [1.807, 2.05) is 6.92 Å². The van der Waals surface area contributed by atoms with Crippen LogP contribution in [0, 0.1) is 23.6 Å². The molecule has 31 heavy (non-hydrogen) atoms. The number of aliphatic hydroxyl groups is 1. The van der Waals surface area contributed by atoms with Crippen LogP contribution in [0.25, 0.3) is 0 Å². The van der Waals surface area contributed by atoms with Crippen molar-refractivity contribution in [3.05, 3.63) is 30.1 Å². The number of aliphatic hydroxyl groups excluding tert-OH is 1. The van der Waals surface area contributed by atoms with Gasteiger partial charge in [0.25, 0.3) is 0 Å². The molecule has 3 N–H and O–H groups in total. The number of hydrogen-bond donors (Lipinski definition) is 3. The topological polar surface area (TPSA) is 95.5 Å². The Bertz CT molecular complexity index is 819. The SMILES string of the molecule is CC[C@H](NC(=O)[C@@H](CSc1ccc(F)cc1)NS(C)(=O)=O)[C@H](O)CC1CC(C)CC1C. The van der Waals surface area contributed by atoms with Gasteiger partial charge in [-0.2, -0.15) is 0 Å². The van der Waals surface area contributed by atoms with Crippen LogP contribution in [0.2, 0.25) is 0 Å². The third-order valence-corrected chi connectivity index (χ3v) is 7.78. The number of halogens is 1. The molecule has 6 atom stereocenters. The number of amides is 1. The van der Waals surface area contributed by atoms with Crippen molar-refractivity contribution in [3.8, 4) is 0 Å². The average molecular weight is 475 g/mol. The van der Waals surface area contributed by atoms with Crippen molar-refractivity contribution < 1.29 is 22.7 Å². The third-order valence-electron chi connectivity index (χ3n) is 5.96. The molecule has 1 aliphatic carbocycles. The maximum atomic E-state index is 13.1. The van der Waals surface area contributed by atoms with E-state index in [0.717, 1.165) is 24.0 Å². The van der Waals surface area contributed by atoms with Crippen LogP contribution in [0.5, 0.6) is 0 Å². The molecule has 3 unspecified atom stereocenters. The second kappa shape index (κ2) is 11.6. The van der Waals surface area contributed by atoms with Crippen LogP contribution in [0.1, 0.15) is 46.5 Å². The highest BCUT2D eigenvalue weighted by molar-refractivity contribution is 7.99. The highest BCUT2D eigenvalue weighted by atomic mass is 32.2. The predicted molar refractivity (Wildman–Crippen MR) is 123 cm³/mol. The first-order chi connectivity index (χ1) is 14.5. The molecule has 1 amide bonds. The van der Waals surface area contributed by atoms with Gasteiger partial charge in [0.2, 0.25) is 15.9 Å². The fraction of sp³-hybridized carbons (Fsp3) is 0.682. The van der Waals surface area contributed by atoms with Gasteiger partial charge in [0.1, 0.15) is 11.9 Å². The van der Waals surface area contributed by atoms with E-state index < -0.39 is 34.1 Å². The molecule has 1 fully saturated rings. The lowest BCUT2D eigenvalue weighted by Crippen LogP contribution is -2.53. The lowest BCUT2D eigenvalue weighted by molar-refractivity contribution is -0.124. The van der Waals surface area contributed by atoms with E-state index in [1.165, 1.54) is 23.9 Å². The number of hydrogen-bond acceptors (Lipinski definition) is 5. The van der Waals surface area contributed by atoms with Gasteiger partial charge >= 0.3 is 0 Å².